The van der Waals surface area contributed by atoms with E-state index in [1.807, 2.05) is 19.9 Å². The number of phenols is 3. The number of nitrogens with one attached hydrogen (secondary N) is 1. The molecule has 0 saturated carbocycles. The van der Waals surface area contributed by atoms with E-state index in [0.29, 0.717) is 5.56 Å². The Bertz CT molecular complexity index is 576. The molecule has 1 atom stereocenters. The van der Waals surface area contributed by atoms with Crippen molar-refractivity contribution < 1.29 is 15.3 Å². The molecule has 2 aromatic carbocycles. The van der Waals surface area contributed by atoms with E-state index in [4.69, 9.17) is 0 Å². The van der Waals surface area contributed by atoms with Gasteiger partial charge >= 0.3 is 0 Å². The summed E-state index contributed by atoms with van der Waals surface area (Å²) in [5.41, 5.74) is 2.03. The highest BCUT2D eigenvalue weighted by molar-refractivity contribution is 5.54. The number of aryl methyl sites for hydroxylation is 1. The fourth-order valence-corrected chi connectivity index (χ4v) is 2.05. The van der Waals surface area contributed by atoms with Crippen LogP contribution in [0, 0.1) is 6.92 Å². The molecule has 4 nitrogen and oxygen atoms in total. The van der Waals surface area contributed by atoms with Crippen LogP contribution in [0.4, 0.5) is 5.69 Å². The molecule has 2 rings (SSSR count). The van der Waals surface area contributed by atoms with Gasteiger partial charge in [0.25, 0.3) is 0 Å². The van der Waals surface area contributed by atoms with Gasteiger partial charge in [-0.2, -0.15) is 0 Å². The molecule has 0 saturated heterocycles. The third-order valence-corrected chi connectivity index (χ3v) is 3.07. The Morgan fingerprint density at radius 2 is 1.58 bits per heavy atom. The summed E-state index contributed by atoms with van der Waals surface area (Å²) in [6.45, 7) is 3.65. The molecule has 19 heavy (non-hydrogen) atoms. The van der Waals surface area contributed by atoms with Crippen molar-refractivity contribution >= 4 is 5.69 Å². The van der Waals surface area contributed by atoms with Gasteiger partial charge in [-0.15, -0.1) is 0 Å². The Kier molecular flexibility index (Phi) is 3.51. The van der Waals surface area contributed by atoms with E-state index in [1.165, 1.54) is 12.1 Å². The average Bonchev–Trinajstić information content (AvgIpc) is 2.33. The molecule has 0 heterocycles. The molecule has 0 amide bonds. The van der Waals surface area contributed by atoms with Crippen molar-refractivity contribution in [2.45, 2.75) is 19.9 Å². The van der Waals surface area contributed by atoms with Crippen LogP contribution in [0.25, 0.3) is 0 Å². The number of phenolic OH excluding ortho intramolecular Hbond substituents is 3. The van der Waals surface area contributed by atoms with Crippen LogP contribution >= 0.6 is 0 Å². The predicted octanol–water partition coefficient (Wildman–Crippen LogP) is 3.28. The first-order valence-corrected chi connectivity index (χ1v) is 6.06. The number of rotatable bonds is 3. The highest BCUT2D eigenvalue weighted by Crippen LogP contribution is 2.34. The first-order valence-electron chi connectivity index (χ1n) is 6.06. The summed E-state index contributed by atoms with van der Waals surface area (Å²) >= 11 is 0. The molecule has 0 aliphatic carbocycles. The summed E-state index contributed by atoms with van der Waals surface area (Å²) in [6.07, 6.45) is 0. The van der Waals surface area contributed by atoms with Crippen LogP contribution < -0.4 is 5.32 Å². The number of anilines is 1. The lowest BCUT2D eigenvalue weighted by molar-refractivity contribution is 0.434. The number of hydrogen-bond acceptors (Lipinski definition) is 4. The molecule has 4 N–H and O–H groups in total. The largest absolute Gasteiger partial charge is 0.508 e. The minimum atomic E-state index is -0.259. The number of aromatic hydroxyl groups is 3. The molecule has 2 aromatic rings. The van der Waals surface area contributed by atoms with E-state index in [2.05, 4.69) is 5.32 Å². The topological polar surface area (TPSA) is 72.7 Å². The summed E-state index contributed by atoms with van der Waals surface area (Å²) in [7, 11) is 0. The molecule has 4 heteroatoms. The first kappa shape index (κ1) is 13.1. The summed E-state index contributed by atoms with van der Waals surface area (Å²) < 4.78 is 0. The second-order valence-corrected chi connectivity index (χ2v) is 4.58. The first-order chi connectivity index (χ1) is 8.99. The Morgan fingerprint density at radius 3 is 2.16 bits per heavy atom. The van der Waals surface area contributed by atoms with Gasteiger partial charge in [0.1, 0.15) is 17.2 Å². The zero-order chi connectivity index (χ0) is 14.0. The van der Waals surface area contributed by atoms with Crippen LogP contribution in [0.5, 0.6) is 17.2 Å². The fraction of sp³-hybridized carbons (Fsp3) is 0.200. The van der Waals surface area contributed by atoms with Crippen molar-refractivity contribution in [3.8, 4) is 17.2 Å². The van der Waals surface area contributed by atoms with Gasteiger partial charge in [0.15, 0.2) is 0 Å². The van der Waals surface area contributed by atoms with Crippen LogP contribution in [0.1, 0.15) is 24.1 Å². The molecule has 0 bridgehead atoms. The van der Waals surface area contributed by atoms with Crippen molar-refractivity contribution in [3.05, 3.63) is 47.5 Å². The summed E-state index contributed by atoms with van der Waals surface area (Å²) in [5.74, 6) is 0.342. The van der Waals surface area contributed by atoms with E-state index in [9.17, 15) is 15.3 Å². The minimum absolute atomic E-state index is 0.0514. The van der Waals surface area contributed by atoms with Gasteiger partial charge < -0.3 is 20.6 Å². The lowest BCUT2D eigenvalue weighted by Crippen LogP contribution is -2.07. The number of hydrogen-bond donors (Lipinski definition) is 4. The quantitative estimate of drug-likeness (QED) is 0.638. The van der Waals surface area contributed by atoms with Gasteiger partial charge in [-0.1, -0.05) is 6.07 Å². The average molecular weight is 259 g/mol. The van der Waals surface area contributed by atoms with E-state index in [1.54, 1.807) is 18.2 Å². The van der Waals surface area contributed by atoms with Gasteiger partial charge in [0, 0.05) is 5.69 Å². The molecule has 100 valence electrons. The summed E-state index contributed by atoms with van der Waals surface area (Å²) in [5, 5.41) is 32.2. The molecule has 0 radical (unpaired) electrons. The van der Waals surface area contributed by atoms with Crippen molar-refractivity contribution in [2.24, 2.45) is 0 Å². The van der Waals surface area contributed by atoms with Crippen LogP contribution in [0.3, 0.4) is 0 Å². The zero-order valence-electron chi connectivity index (χ0n) is 10.9. The molecule has 0 spiro atoms. The van der Waals surface area contributed by atoms with Crippen LogP contribution in [-0.4, -0.2) is 15.3 Å². The van der Waals surface area contributed by atoms with Crippen molar-refractivity contribution in [1.82, 2.24) is 0 Å². The van der Waals surface area contributed by atoms with Gasteiger partial charge in [0.05, 0.1) is 11.6 Å². The second kappa shape index (κ2) is 5.10. The Balaban J connectivity index is 2.25. The lowest BCUT2D eigenvalue weighted by Gasteiger charge is -2.18. The highest BCUT2D eigenvalue weighted by atomic mass is 16.3. The van der Waals surface area contributed by atoms with Gasteiger partial charge in [-0.05, 0) is 49.7 Å². The van der Waals surface area contributed by atoms with Crippen LogP contribution in [0.15, 0.2) is 36.4 Å². The maximum Gasteiger partial charge on any atom is 0.124 e. The third-order valence-electron chi connectivity index (χ3n) is 3.07. The van der Waals surface area contributed by atoms with E-state index in [0.717, 1.165) is 11.3 Å². The summed E-state index contributed by atoms with van der Waals surface area (Å²) in [4.78, 5) is 0. The Hall–Kier alpha value is -2.36. The molecule has 0 aliphatic rings. The van der Waals surface area contributed by atoms with E-state index < -0.39 is 0 Å². The van der Waals surface area contributed by atoms with Crippen molar-refractivity contribution in [2.75, 3.05) is 5.32 Å². The SMILES string of the molecule is Cc1cc(NC(C)c2c(O)cccc2O)ccc1O. The van der Waals surface area contributed by atoms with E-state index in [-0.39, 0.29) is 23.3 Å². The molecule has 0 aromatic heterocycles. The van der Waals surface area contributed by atoms with Crippen LogP contribution in [0.2, 0.25) is 0 Å². The molecule has 0 aliphatic heterocycles. The van der Waals surface area contributed by atoms with Crippen LogP contribution in [-0.2, 0) is 0 Å². The highest BCUT2D eigenvalue weighted by Gasteiger charge is 2.15. The molecular weight excluding hydrogens is 242 g/mol. The normalized spacial score (nSPS) is 12.1. The monoisotopic (exact) mass is 259 g/mol. The smallest absolute Gasteiger partial charge is 0.124 e. The molecular formula is C15H17NO3. The molecule has 0 fully saturated rings. The van der Waals surface area contributed by atoms with Gasteiger partial charge in [0.2, 0.25) is 0 Å². The molecule has 1 unspecified atom stereocenters. The fourth-order valence-electron chi connectivity index (χ4n) is 2.05. The van der Waals surface area contributed by atoms with Gasteiger partial charge in [-0.25, -0.2) is 0 Å². The maximum absolute atomic E-state index is 9.80. The minimum Gasteiger partial charge on any atom is -0.508 e. The lowest BCUT2D eigenvalue weighted by atomic mass is 10.1. The Labute approximate surface area is 112 Å². The van der Waals surface area contributed by atoms with Gasteiger partial charge in [-0.3, -0.25) is 0 Å². The standard InChI is InChI=1S/C15H17NO3/c1-9-8-11(6-7-12(9)17)16-10(2)15-13(18)4-3-5-14(15)19/h3-8,10,16-19H,1-2H3. The van der Waals surface area contributed by atoms with Crippen molar-refractivity contribution in [3.63, 3.8) is 0 Å². The predicted molar refractivity (Wildman–Crippen MR) is 74.7 cm³/mol. The third kappa shape index (κ3) is 2.73. The second-order valence-electron chi connectivity index (χ2n) is 4.58. The summed E-state index contributed by atoms with van der Waals surface area (Å²) in [6, 6.07) is 9.56. The maximum atomic E-state index is 9.80. The zero-order valence-corrected chi connectivity index (χ0v) is 10.9. The number of benzene rings is 2. The van der Waals surface area contributed by atoms with E-state index >= 15 is 0 Å². The Morgan fingerprint density at radius 1 is 0.947 bits per heavy atom. The van der Waals surface area contributed by atoms with Crippen molar-refractivity contribution in [1.29, 1.82) is 0 Å².